The highest BCUT2D eigenvalue weighted by Crippen LogP contribution is 2.17. The fourth-order valence-electron chi connectivity index (χ4n) is 2.94. The first-order chi connectivity index (χ1) is 12.2. The molecule has 0 aliphatic carbocycles. The van der Waals surface area contributed by atoms with Gasteiger partial charge in [0.15, 0.2) is 0 Å². The number of aromatic nitrogens is 2. The van der Waals surface area contributed by atoms with Crippen molar-refractivity contribution in [3.63, 3.8) is 0 Å². The molecule has 25 heavy (non-hydrogen) atoms. The Morgan fingerprint density at radius 3 is 3.12 bits per heavy atom. The van der Waals surface area contributed by atoms with Crippen molar-refractivity contribution < 1.29 is 9.53 Å². The van der Waals surface area contributed by atoms with E-state index < -0.39 is 0 Å². The first kappa shape index (κ1) is 17.8. The lowest BCUT2D eigenvalue weighted by molar-refractivity contribution is 0.184. The maximum Gasteiger partial charge on any atom is 0.320 e. The molecule has 0 bridgehead atoms. The van der Waals surface area contributed by atoms with Crippen molar-refractivity contribution in [3.05, 3.63) is 47.1 Å². The van der Waals surface area contributed by atoms with Crippen LogP contribution in [-0.2, 0) is 11.3 Å². The van der Waals surface area contributed by atoms with Gasteiger partial charge in [0.05, 0.1) is 12.7 Å². The number of rotatable bonds is 7. The standard InChI is InChI=1S/C18H23ClN4O2/c19-16-5-1-3-15(11-16)12-23-17(6-9-21-23)22-18(24)20-8-2-4-14-7-10-25-13-14/h1,3,5-6,9,11,14H,2,4,7-8,10,12-13H2,(H2,20,22,24). The van der Waals surface area contributed by atoms with Gasteiger partial charge in [0.1, 0.15) is 5.82 Å². The van der Waals surface area contributed by atoms with Crippen molar-refractivity contribution in [1.82, 2.24) is 15.1 Å². The molecule has 0 spiro atoms. The molecule has 134 valence electrons. The minimum atomic E-state index is -0.212. The summed E-state index contributed by atoms with van der Waals surface area (Å²) in [5, 5.41) is 10.7. The molecule has 1 atom stereocenters. The van der Waals surface area contributed by atoms with E-state index in [0.29, 0.717) is 29.8 Å². The Morgan fingerprint density at radius 2 is 2.32 bits per heavy atom. The van der Waals surface area contributed by atoms with Gasteiger partial charge < -0.3 is 10.1 Å². The summed E-state index contributed by atoms with van der Waals surface area (Å²) in [4.78, 5) is 12.1. The Kier molecular flexibility index (Phi) is 6.30. The highest BCUT2D eigenvalue weighted by atomic mass is 35.5. The molecule has 1 aromatic carbocycles. The minimum Gasteiger partial charge on any atom is -0.381 e. The summed E-state index contributed by atoms with van der Waals surface area (Å²) in [6.07, 6.45) is 4.85. The zero-order chi connectivity index (χ0) is 17.5. The summed E-state index contributed by atoms with van der Waals surface area (Å²) in [5.74, 6) is 1.30. The topological polar surface area (TPSA) is 68.2 Å². The fraction of sp³-hybridized carbons (Fsp3) is 0.444. The van der Waals surface area contributed by atoms with Crippen LogP contribution in [0.4, 0.5) is 10.6 Å². The van der Waals surface area contributed by atoms with Gasteiger partial charge in [0.2, 0.25) is 0 Å². The zero-order valence-corrected chi connectivity index (χ0v) is 14.8. The van der Waals surface area contributed by atoms with E-state index in [2.05, 4.69) is 15.7 Å². The number of urea groups is 1. The molecule has 1 saturated heterocycles. The fourth-order valence-corrected chi connectivity index (χ4v) is 3.15. The highest BCUT2D eigenvalue weighted by molar-refractivity contribution is 6.30. The van der Waals surface area contributed by atoms with Crippen LogP contribution in [0.2, 0.25) is 5.02 Å². The van der Waals surface area contributed by atoms with Gasteiger partial charge in [-0.05, 0) is 42.9 Å². The summed E-state index contributed by atoms with van der Waals surface area (Å²) >= 11 is 6.01. The van der Waals surface area contributed by atoms with Gasteiger partial charge in [-0.2, -0.15) is 5.10 Å². The van der Waals surface area contributed by atoms with Crippen LogP contribution in [0.15, 0.2) is 36.5 Å². The second-order valence-corrected chi connectivity index (χ2v) is 6.69. The normalized spacial score (nSPS) is 16.8. The van der Waals surface area contributed by atoms with Crippen molar-refractivity contribution in [1.29, 1.82) is 0 Å². The van der Waals surface area contributed by atoms with Crippen LogP contribution in [0.5, 0.6) is 0 Å². The number of ether oxygens (including phenoxy) is 1. The van der Waals surface area contributed by atoms with Crippen LogP contribution in [0, 0.1) is 5.92 Å². The molecular formula is C18H23ClN4O2. The molecule has 2 heterocycles. The second-order valence-electron chi connectivity index (χ2n) is 6.26. The van der Waals surface area contributed by atoms with Crippen LogP contribution in [-0.4, -0.2) is 35.6 Å². The van der Waals surface area contributed by atoms with E-state index >= 15 is 0 Å². The summed E-state index contributed by atoms with van der Waals surface area (Å²) < 4.78 is 7.09. The second kappa shape index (κ2) is 8.87. The molecule has 1 unspecified atom stereocenters. The molecule has 2 amide bonds. The Bertz CT molecular complexity index is 698. The van der Waals surface area contributed by atoms with E-state index in [1.165, 1.54) is 0 Å². The van der Waals surface area contributed by atoms with E-state index in [0.717, 1.165) is 38.0 Å². The van der Waals surface area contributed by atoms with Gasteiger partial charge in [-0.1, -0.05) is 23.7 Å². The van der Waals surface area contributed by atoms with E-state index in [-0.39, 0.29) is 6.03 Å². The maximum absolute atomic E-state index is 12.1. The van der Waals surface area contributed by atoms with Crippen LogP contribution in [0.1, 0.15) is 24.8 Å². The van der Waals surface area contributed by atoms with Crippen molar-refractivity contribution in [2.45, 2.75) is 25.8 Å². The lowest BCUT2D eigenvalue weighted by atomic mass is 10.0. The molecule has 6 nitrogen and oxygen atoms in total. The monoisotopic (exact) mass is 362 g/mol. The molecule has 0 saturated carbocycles. The van der Waals surface area contributed by atoms with Crippen molar-refractivity contribution in [2.24, 2.45) is 5.92 Å². The lowest BCUT2D eigenvalue weighted by Crippen LogP contribution is -2.30. The Balaban J connectivity index is 1.44. The van der Waals surface area contributed by atoms with Gasteiger partial charge in [-0.25, -0.2) is 9.48 Å². The van der Waals surface area contributed by atoms with Gasteiger partial charge in [0, 0.05) is 30.8 Å². The number of amides is 2. The number of halogens is 1. The molecule has 3 rings (SSSR count). The summed E-state index contributed by atoms with van der Waals surface area (Å²) in [7, 11) is 0. The van der Waals surface area contributed by atoms with Gasteiger partial charge in [0.25, 0.3) is 0 Å². The third kappa shape index (κ3) is 5.47. The lowest BCUT2D eigenvalue weighted by Gasteiger charge is -2.11. The van der Waals surface area contributed by atoms with Gasteiger partial charge in [-0.15, -0.1) is 0 Å². The molecular weight excluding hydrogens is 340 g/mol. The Hall–Kier alpha value is -2.05. The third-order valence-electron chi connectivity index (χ3n) is 4.28. The smallest absolute Gasteiger partial charge is 0.320 e. The molecule has 1 aliphatic rings. The predicted octanol–water partition coefficient (Wildman–Crippen LogP) is 3.52. The summed E-state index contributed by atoms with van der Waals surface area (Å²) in [6.45, 7) is 2.93. The quantitative estimate of drug-likeness (QED) is 0.740. The number of hydrogen-bond acceptors (Lipinski definition) is 3. The molecule has 7 heteroatoms. The number of carbonyl (C=O) groups is 1. The Labute approximate surface area is 152 Å². The van der Waals surface area contributed by atoms with Crippen LogP contribution in [0.25, 0.3) is 0 Å². The van der Waals surface area contributed by atoms with E-state index in [1.54, 1.807) is 16.9 Å². The summed E-state index contributed by atoms with van der Waals surface area (Å²) in [6, 6.07) is 9.16. The zero-order valence-electron chi connectivity index (χ0n) is 14.1. The first-order valence-corrected chi connectivity index (χ1v) is 8.97. The van der Waals surface area contributed by atoms with Crippen LogP contribution < -0.4 is 10.6 Å². The van der Waals surface area contributed by atoms with Crippen molar-refractivity contribution >= 4 is 23.4 Å². The molecule has 2 aromatic rings. The molecule has 1 aromatic heterocycles. The van der Waals surface area contributed by atoms with Crippen LogP contribution in [0.3, 0.4) is 0 Å². The summed E-state index contributed by atoms with van der Waals surface area (Å²) in [5.41, 5.74) is 1.03. The highest BCUT2D eigenvalue weighted by Gasteiger charge is 2.15. The van der Waals surface area contributed by atoms with Crippen molar-refractivity contribution in [3.8, 4) is 0 Å². The number of benzene rings is 1. The number of anilines is 1. The molecule has 0 radical (unpaired) electrons. The average Bonchev–Trinajstić information content (AvgIpc) is 3.24. The van der Waals surface area contributed by atoms with Crippen LogP contribution >= 0.6 is 11.6 Å². The average molecular weight is 363 g/mol. The van der Waals surface area contributed by atoms with Gasteiger partial charge >= 0.3 is 6.03 Å². The number of nitrogens with zero attached hydrogens (tertiary/aromatic N) is 2. The molecule has 1 aliphatic heterocycles. The third-order valence-corrected chi connectivity index (χ3v) is 4.51. The van der Waals surface area contributed by atoms with E-state index in [4.69, 9.17) is 16.3 Å². The maximum atomic E-state index is 12.1. The molecule has 1 fully saturated rings. The first-order valence-electron chi connectivity index (χ1n) is 8.59. The molecule has 2 N–H and O–H groups in total. The largest absolute Gasteiger partial charge is 0.381 e. The number of carbonyl (C=O) groups excluding carboxylic acids is 1. The Morgan fingerprint density at radius 1 is 1.40 bits per heavy atom. The van der Waals surface area contributed by atoms with Gasteiger partial charge in [-0.3, -0.25) is 5.32 Å². The SMILES string of the molecule is O=C(NCCCC1CCOC1)Nc1ccnn1Cc1cccc(Cl)c1. The minimum absolute atomic E-state index is 0.212. The van der Waals surface area contributed by atoms with Crippen molar-refractivity contribution in [2.75, 3.05) is 25.1 Å². The van der Waals surface area contributed by atoms with E-state index in [1.807, 2.05) is 24.3 Å². The van der Waals surface area contributed by atoms with E-state index in [9.17, 15) is 4.79 Å². The number of hydrogen-bond donors (Lipinski definition) is 2. The predicted molar refractivity (Wildman–Crippen MR) is 98.0 cm³/mol. The number of nitrogens with one attached hydrogen (secondary N) is 2.